The fourth-order valence-corrected chi connectivity index (χ4v) is 2.98. The second-order valence-electron chi connectivity index (χ2n) is 5.94. The summed E-state index contributed by atoms with van der Waals surface area (Å²) in [5.74, 6) is -0.481. The largest absolute Gasteiger partial charge is 0.383 e. The SMILES string of the molecule is CN(C(=O)c1ccc(Br)cc1)c1c(N)n(Cc2ccccc2)c(=O)[nH]c1=O. The van der Waals surface area contributed by atoms with Crippen molar-refractivity contribution >= 4 is 33.3 Å². The number of carbonyl (C=O) groups is 1. The van der Waals surface area contributed by atoms with Crippen LogP contribution in [0.5, 0.6) is 0 Å². The molecule has 2 aromatic carbocycles. The summed E-state index contributed by atoms with van der Waals surface area (Å²) in [7, 11) is 1.45. The Morgan fingerprint density at radius 2 is 1.74 bits per heavy atom. The number of halogens is 1. The Balaban J connectivity index is 2.03. The third-order valence-electron chi connectivity index (χ3n) is 4.13. The number of hydrogen-bond acceptors (Lipinski definition) is 4. The Morgan fingerprint density at radius 3 is 2.37 bits per heavy atom. The highest BCUT2D eigenvalue weighted by atomic mass is 79.9. The highest BCUT2D eigenvalue weighted by Crippen LogP contribution is 2.19. The van der Waals surface area contributed by atoms with Crippen LogP contribution in [0.2, 0.25) is 0 Å². The molecule has 0 aliphatic heterocycles. The zero-order chi connectivity index (χ0) is 19.6. The number of aromatic amines is 1. The summed E-state index contributed by atoms with van der Waals surface area (Å²) in [5.41, 5.74) is 5.93. The average Bonchev–Trinajstić information content (AvgIpc) is 2.65. The van der Waals surface area contributed by atoms with Crippen LogP contribution in [-0.2, 0) is 6.54 Å². The maximum Gasteiger partial charge on any atom is 0.330 e. The lowest BCUT2D eigenvalue weighted by Crippen LogP contribution is -2.39. The van der Waals surface area contributed by atoms with Gasteiger partial charge in [0.05, 0.1) is 6.54 Å². The first-order valence-electron chi connectivity index (χ1n) is 8.08. The summed E-state index contributed by atoms with van der Waals surface area (Å²) < 4.78 is 2.06. The van der Waals surface area contributed by atoms with Gasteiger partial charge in [0.15, 0.2) is 5.69 Å². The molecule has 1 aromatic heterocycles. The van der Waals surface area contributed by atoms with E-state index in [0.717, 1.165) is 14.9 Å². The van der Waals surface area contributed by atoms with Gasteiger partial charge in [-0.1, -0.05) is 46.3 Å². The smallest absolute Gasteiger partial charge is 0.330 e. The Kier molecular flexibility index (Phi) is 5.27. The molecule has 3 N–H and O–H groups in total. The molecule has 3 rings (SSSR count). The van der Waals surface area contributed by atoms with Crippen molar-refractivity contribution in [1.29, 1.82) is 0 Å². The minimum atomic E-state index is -0.713. The second kappa shape index (κ2) is 7.63. The summed E-state index contributed by atoms with van der Waals surface area (Å²) in [6, 6.07) is 15.9. The molecule has 0 aliphatic carbocycles. The molecule has 1 amide bonds. The fourth-order valence-electron chi connectivity index (χ4n) is 2.71. The third kappa shape index (κ3) is 3.85. The van der Waals surface area contributed by atoms with Gasteiger partial charge < -0.3 is 10.6 Å². The molecule has 0 radical (unpaired) electrons. The summed E-state index contributed by atoms with van der Waals surface area (Å²) in [5, 5.41) is 0. The van der Waals surface area contributed by atoms with E-state index >= 15 is 0 Å². The zero-order valence-corrected chi connectivity index (χ0v) is 16.1. The Labute approximate surface area is 163 Å². The molecule has 7 nitrogen and oxygen atoms in total. The quantitative estimate of drug-likeness (QED) is 0.664. The van der Waals surface area contributed by atoms with E-state index in [-0.39, 0.29) is 18.1 Å². The van der Waals surface area contributed by atoms with Crippen molar-refractivity contribution < 1.29 is 4.79 Å². The number of hydrogen-bond donors (Lipinski definition) is 2. The Bertz CT molecular complexity index is 1090. The van der Waals surface area contributed by atoms with Gasteiger partial charge in [-0.25, -0.2) is 4.79 Å². The molecule has 3 aromatic rings. The van der Waals surface area contributed by atoms with Crippen molar-refractivity contribution in [2.75, 3.05) is 17.7 Å². The van der Waals surface area contributed by atoms with E-state index in [1.54, 1.807) is 24.3 Å². The molecule has 0 spiro atoms. The van der Waals surface area contributed by atoms with Crippen LogP contribution in [0.25, 0.3) is 0 Å². The third-order valence-corrected chi connectivity index (χ3v) is 4.66. The molecular weight excluding hydrogens is 412 g/mol. The van der Waals surface area contributed by atoms with Gasteiger partial charge in [-0.2, -0.15) is 0 Å². The molecule has 0 saturated carbocycles. The van der Waals surface area contributed by atoms with Crippen molar-refractivity contribution in [3.05, 3.63) is 91.0 Å². The van der Waals surface area contributed by atoms with Gasteiger partial charge in [0.25, 0.3) is 11.5 Å². The standard InChI is InChI=1S/C19H17BrN4O3/c1-23(18(26)13-7-9-14(20)10-8-13)15-16(21)24(19(27)22-17(15)25)11-12-5-3-2-4-6-12/h2-10H,11,21H2,1H3,(H,22,25,27). The van der Waals surface area contributed by atoms with Gasteiger partial charge in [-0.3, -0.25) is 19.1 Å². The molecule has 0 atom stereocenters. The van der Waals surface area contributed by atoms with Crippen LogP contribution in [0.1, 0.15) is 15.9 Å². The number of rotatable bonds is 4. The lowest BCUT2D eigenvalue weighted by molar-refractivity contribution is 0.0992. The number of nitrogens with one attached hydrogen (secondary N) is 1. The highest BCUT2D eigenvalue weighted by Gasteiger charge is 2.22. The van der Waals surface area contributed by atoms with Gasteiger partial charge in [0, 0.05) is 17.1 Å². The fraction of sp³-hybridized carbons (Fsp3) is 0.105. The molecular formula is C19H17BrN4O3. The van der Waals surface area contributed by atoms with Crippen molar-refractivity contribution in [2.24, 2.45) is 0 Å². The van der Waals surface area contributed by atoms with Crippen LogP contribution in [0.4, 0.5) is 11.5 Å². The number of carbonyl (C=O) groups excluding carboxylic acids is 1. The maximum absolute atomic E-state index is 12.7. The van der Waals surface area contributed by atoms with Crippen molar-refractivity contribution in [3.8, 4) is 0 Å². The maximum atomic E-state index is 12.7. The topological polar surface area (TPSA) is 101 Å². The molecule has 0 unspecified atom stereocenters. The number of nitrogens with zero attached hydrogens (tertiary/aromatic N) is 2. The van der Waals surface area contributed by atoms with Crippen molar-refractivity contribution in [3.63, 3.8) is 0 Å². The zero-order valence-electron chi connectivity index (χ0n) is 14.5. The normalized spacial score (nSPS) is 10.6. The summed E-state index contributed by atoms with van der Waals surface area (Å²) in [6.45, 7) is 0.176. The molecule has 1 heterocycles. The molecule has 0 aliphatic rings. The van der Waals surface area contributed by atoms with Crippen LogP contribution in [0, 0.1) is 0 Å². The lowest BCUT2D eigenvalue weighted by atomic mass is 10.2. The molecule has 138 valence electrons. The van der Waals surface area contributed by atoms with Crippen LogP contribution < -0.4 is 21.9 Å². The van der Waals surface area contributed by atoms with Crippen molar-refractivity contribution in [1.82, 2.24) is 9.55 Å². The number of H-pyrrole nitrogens is 1. The second-order valence-corrected chi connectivity index (χ2v) is 6.85. The first kappa shape index (κ1) is 18.7. The van der Waals surface area contributed by atoms with Gasteiger partial charge in [0.1, 0.15) is 5.82 Å². The van der Waals surface area contributed by atoms with E-state index in [4.69, 9.17) is 5.73 Å². The van der Waals surface area contributed by atoms with E-state index in [0.29, 0.717) is 5.56 Å². The predicted octanol–water partition coefficient (Wildman–Crippen LogP) is 2.21. The number of anilines is 2. The van der Waals surface area contributed by atoms with E-state index in [1.165, 1.54) is 11.6 Å². The van der Waals surface area contributed by atoms with Gasteiger partial charge in [-0.05, 0) is 29.8 Å². The molecule has 27 heavy (non-hydrogen) atoms. The Hall–Kier alpha value is -3.13. The summed E-state index contributed by atoms with van der Waals surface area (Å²) in [4.78, 5) is 40.7. The lowest BCUT2D eigenvalue weighted by Gasteiger charge is -2.20. The van der Waals surface area contributed by atoms with Gasteiger partial charge in [-0.15, -0.1) is 0 Å². The molecule has 8 heteroatoms. The first-order valence-corrected chi connectivity index (χ1v) is 8.88. The van der Waals surface area contributed by atoms with Crippen LogP contribution >= 0.6 is 15.9 Å². The number of nitrogen functional groups attached to an aromatic ring is 1. The van der Waals surface area contributed by atoms with E-state index in [2.05, 4.69) is 20.9 Å². The Morgan fingerprint density at radius 1 is 1.11 bits per heavy atom. The molecule has 0 saturated heterocycles. The minimum absolute atomic E-state index is 0.0689. The molecule has 0 fully saturated rings. The monoisotopic (exact) mass is 428 g/mol. The number of nitrogens with two attached hydrogens (primary N) is 1. The minimum Gasteiger partial charge on any atom is -0.383 e. The van der Waals surface area contributed by atoms with Gasteiger partial charge >= 0.3 is 5.69 Å². The van der Waals surface area contributed by atoms with Gasteiger partial charge in [0.2, 0.25) is 0 Å². The van der Waals surface area contributed by atoms with E-state index < -0.39 is 17.2 Å². The van der Waals surface area contributed by atoms with E-state index in [9.17, 15) is 14.4 Å². The van der Waals surface area contributed by atoms with E-state index in [1.807, 2.05) is 30.3 Å². The number of benzene rings is 2. The predicted molar refractivity (Wildman–Crippen MR) is 108 cm³/mol. The van der Waals surface area contributed by atoms with Crippen LogP contribution in [-0.4, -0.2) is 22.5 Å². The number of amides is 1. The van der Waals surface area contributed by atoms with Crippen molar-refractivity contribution in [2.45, 2.75) is 6.54 Å². The summed E-state index contributed by atoms with van der Waals surface area (Å²) in [6.07, 6.45) is 0. The van der Waals surface area contributed by atoms with Crippen LogP contribution in [0.15, 0.2) is 68.7 Å². The molecule has 0 bridgehead atoms. The van der Waals surface area contributed by atoms with Crippen LogP contribution in [0.3, 0.4) is 0 Å². The first-order chi connectivity index (χ1) is 12.9. The average molecular weight is 429 g/mol. The number of aromatic nitrogens is 2. The highest BCUT2D eigenvalue weighted by molar-refractivity contribution is 9.10. The summed E-state index contributed by atoms with van der Waals surface area (Å²) >= 11 is 3.31.